The Labute approximate surface area is 133 Å². The lowest BCUT2D eigenvalue weighted by Crippen LogP contribution is -2.25. The zero-order chi connectivity index (χ0) is 16.2. The molecular formula is C17H18F2N2O2. The van der Waals surface area contributed by atoms with Crippen LogP contribution in [0.15, 0.2) is 36.7 Å². The highest BCUT2D eigenvalue weighted by Crippen LogP contribution is 2.32. The number of hydrogen-bond donors (Lipinski definition) is 0. The lowest BCUT2D eigenvalue weighted by atomic mass is 10.1. The van der Waals surface area contributed by atoms with Gasteiger partial charge < -0.3 is 4.74 Å². The number of nitrogens with zero attached hydrogens (tertiary/aromatic N) is 2. The third-order valence-corrected chi connectivity index (χ3v) is 4.20. The highest BCUT2D eigenvalue weighted by molar-refractivity contribution is 5.70. The maximum Gasteiger partial charge on any atom is 0.306 e. The van der Waals surface area contributed by atoms with Crippen LogP contribution >= 0.6 is 0 Å². The van der Waals surface area contributed by atoms with Crippen molar-refractivity contribution in [3.05, 3.63) is 53.9 Å². The van der Waals surface area contributed by atoms with Gasteiger partial charge in [-0.05, 0) is 43.4 Å². The first kappa shape index (κ1) is 15.6. The summed E-state index contributed by atoms with van der Waals surface area (Å²) >= 11 is 0. The summed E-state index contributed by atoms with van der Waals surface area (Å²) in [6.45, 7) is 0. The van der Waals surface area contributed by atoms with Gasteiger partial charge in [0.25, 0.3) is 0 Å². The van der Waals surface area contributed by atoms with Gasteiger partial charge in [0.05, 0.1) is 6.04 Å². The minimum absolute atomic E-state index is 0.0305. The first-order chi connectivity index (χ1) is 11.1. The number of rotatable bonds is 5. The van der Waals surface area contributed by atoms with E-state index in [-0.39, 0.29) is 30.6 Å². The Morgan fingerprint density at radius 3 is 2.96 bits per heavy atom. The van der Waals surface area contributed by atoms with Crippen LogP contribution in [0.2, 0.25) is 0 Å². The van der Waals surface area contributed by atoms with E-state index in [0.717, 1.165) is 25.3 Å². The summed E-state index contributed by atoms with van der Waals surface area (Å²) in [5.74, 6) is -2.18. The van der Waals surface area contributed by atoms with E-state index in [1.165, 1.54) is 12.1 Å². The molecule has 1 aliphatic rings. The maximum atomic E-state index is 13.6. The summed E-state index contributed by atoms with van der Waals surface area (Å²) in [5, 5.41) is 4.20. The average molecular weight is 320 g/mol. The molecular weight excluding hydrogens is 302 g/mol. The molecule has 6 heteroatoms. The minimum atomic E-state index is -0.898. The number of benzene rings is 1. The van der Waals surface area contributed by atoms with Gasteiger partial charge in [-0.3, -0.25) is 9.48 Å². The van der Waals surface area contributed by atoms with E-state index < -0.39 is 17.6 Å². The van der Waals surface area contributed by atoms with Crippen molar-refractivity contribution in [1.82, 2.24) is 9.78 Å². The number of aryl methyl sites for hydroxylation is 1. The molecule has 4 nitrogen and oxygen atoms in total. The number of aromatic nitrogens is 2. The van der Waals surface area contributed by atoms with Gasteiger partial charge >= 0.3 is 5.97 Å². The predicted octanol–water partition coefficient (Wildman–Crippen LogP) is 3.43. The van der Waals surface area contributed by atoms with Crippen LogP contribution in [-0.2, 0) is 16.0 Å². The zero-order valence-corrected chi connectivity index (χ0v) is 12.6. The first-order valence-electron chi connectivity index (χ1n) is 7.76. The molecule has 1 saturated carbocycles. The molecule has 0 amide bonds. The molecule has 1 heterocycles. The van der Waals surface area contributed by atoms with E-state index in [4.69, 9.17) is 4.74 Å². The molecule has 0 spiro atoms. The van der Waals surface area contributed by atoms with Gasteiger partial charge in [0.1, 0.15) is 6.10 Å². The molecule has 0 radical (unpaired) electrons. The van der Waals surface area contributed by atoms with Gasteiger partial charge in [-0.1, -0.05) is 12.1 Å². The van der Waals surface area contributed by atoms with E-state index in [1.54, 1.807) is 6.20 Å². The van der Waals surface area contributed by atoms with Crippen LogP contribution < -0.4 is 0 Å². The molecule has 0 unspecified atom stereocenters. The van der Waals surface area contributed by atoms with Crippen LogP contribution in [0.5, 0.6) is 0 Å². The Hall–Kier alpha value is -2.24. The molecule has 3 rings (SSSR count). The van der Waals surface area contributed by atoms with E-state index >= 15 is 0 Å². The van der Waals surface area contributed by atoms with Gasteiger partial charge in [-0.2, -0.15) is 5.10 Å². The third-order valence-electron chi connectivity index (χ3n) is 4.20. The van der Waals surface area contributed by atoms with Gasteiger partial charge in [-0.15, -0.1) is 0 Å². The lowest BCUT2D eigenvalue weighted by molar-refractivity contribution is -0.150. The highest BCUT2D eigenvalue weighted by Gasteiger charge is 2.32. The van der Waals surface area contributed by atoms with Crippen molar-refractivity contribution in [2.75, 3.05) is 0 Å². The van der Waals surface area contributed by atoms with Crippen molar-refractivity contribution >= 4 is 5.97 Å². The normalized spacial score (nSPS) is 20.6. The Morgan fingerprint density at radius 1 is 1.30 bits per heavy atom. The van der Waals surface area contributed by atoms with Crippen molar-refractivity contribution in [3.63, 3.8) is 0 Å². The van der Waals surface area contributed by atoms with Crippen LogP contribution in [0, 0.1) is 11.6 Å². The quantitative estimate of drug-likeness (QED) is 0.793. The minimum Gasteiger partial charge on any atom is -0.460 e. The molecule has 1 aromatic carbocycles. The second-order valence-electron chi connectivity index (χ2n) is 5.73. The standard InChI is InChI=1S/C17H18F2N2O2/c18-13-5-1-4-12(17(13)19)8-9-16(22)23-15-7-2-6-14(15)21-11-3-10-20-21/h1,3-5,10-11,14-15H,2,6-9H2/t14-,15-/m1/s1. The summed E-state index contributed by atoms with van der Waals surface area (Å²) in [5.41, 5.74) is 0.192. The Kier molecular flexibility index (Phi) is 4.69. The molecule has 0 bridgehead atoms. The fraction of sp³-hybridized carbons (Fsp3) is 0.412. The zero-order valence-electron chi connectivity index (χ0n) is 12.6. The molecule has 23 heavy (non-hydrogen) atoms. The number of carbonyl (C=O) groups is 1. The van der Waals surface area contributed by atoms with Crippen LogP contribution in [0.1, 0.15) is 37.3 Å². The number of carbonyl (C=O) groups excluding carboxylic acids is 1. The van der Waals surface area contributed by atoms with E-state index in [9.17, 15) is 13.6 Å². The van der Waals surface area contributed by atoms with Crippen LogP contribution in [0.4, 0.5) is 8.78 Å². The van der Waals surface area contributed by atoms with Crippen LogP contribution in [0.25, 0.3) is 0 Å². The summed E-state index contributed by atoms with van der Waals surface area (Å²) < 4.78 is 34.0. The SMILES string of the molecule is O=C(CCc1cccc(F)c1F)O[C@@H]1CCC[C@H]1n1cccn1. The summed E-state index contributed by atoms with van der Waals surface area (Å²) in [7, 11) is 0. The fourth-order valence-electron chi connectivity index (χ4n) is 3.03. The second-order valence-corrected chi connectivity index (χ2v) is 5.73. The number of esters is 1. The van der Waals surface area contributed by atoms with Crippen molar-refractivity contribution in [3.8, 4) is 0 Å². The number of hydrogen-bond acceptors (Lipinski definition) is 3. The summed E-state index contributed by atoms with van der Waals surface area (Å²) in [4.78, 5) is 12.0. The molecule has 2 atom stereocenters. The van der Waals surface area contributed by atoms with Crippen molar-refractivity contribution < 1.29 is 18.3 Å². The van der Waals surface area contributed by atoms with E-state index in [1.807, 2.05) is 16.9 Å². The number of halogens is 2. The van der Waals surface area contributed by atoms with Crippen LogP contribution in [-0.4, -0.2) is 21.9 Å². The lowest BCUT2D eigenvalue weighted by Gasteiger charge is -2.20. The molecule has 1 aliphatic carbocycles. The summed E-state index contributed by atoms with van der Waals surface area (Å²) in [6.07, 6.45) is 6.19. The first-order valence-corrected chi connectivity index (χ1v) is 7.76. The Balaban J connectivity index is 1.56. The Morgan fingerprint density at radius 2 is 2.17 bits per heavy atom. The van der Waals surface area contributed by atoms with Crippen molar-refractivity contribution in [2.45, 2.75) is 44.2 Å². The van der Waals surface area contributed by atoms with Gasteiger partial charge in [-0.25, -0.2) is 8.78 Å². The fourth-order valence-corrected chi connectivity index (χ4v) is 3.03. The Bertz CT molecular complexity index is 673. The third kappa shape index (κ3) is 3.57. The van der Waals surface area contributed by atoms with Crippen molar-refractivity contribution in [2.24, 2.45) is 0 Å². The van der Waals surface area contributed by atoms with Gasteiger partial charge in [0, 0.05) is 18.8 Å². The number of ether oxygens (including phenoxy) is 1. The molecule has 0 aliphatic heterocycles. The molecule has 0 N–H and O–H groups in total. The molecule has 1 aromatic heterocycles. The molecule has 1 fully saturated rings. The smallest absolute Gasteiger partial charge is 0.306 e. The molecule has 2 aromatic rings. The largest absolute Gasteiger partial charge is 0.460 e. The average Bonchev–Trinajstić information content (AvgIpc) is 3.19. The predicted molar refractivity (Wildman–Crippen MR) is 79.7 cm³/mol. The van der Waals surface area contributed by atoms with Gasteiger partial charge in [0.15, 0.2) is 11.6 Å². The maximum absolute atomic E-state index is 13.6. The summed E-state index contributed by atoms with van der Waals surface area (Å²) in [6, 6.07) is 5.87. The molecule has 0 saturated heterocycles. The second kappa shape index (κ2) is 6.89. The van der Waals surface area contributed by atoms with Crippen LogP contribution in [0.3, 0.4) is 0 Å². The monoisotopic (exact) mass is 320 g/mol. The van der Waals surface area contributed by atoms with Crippen molar-refractivity contribution in [1.29, 1.82) is 0 Å². The molecule has 122 valence electrons. The highest BCUT2D eigenvalue weighted by atomic mass is 19.2. The van der Waals surface area contributed by atoms with E-state index in [2.05, 4.69) is 5.10 Å². The van der Waals surface area contributed by atoms with E-state index in [0.29, 0.717) is 0 Å². The van der Waals surface area contributed by atoms with Gasteiger partial charge in [0.2, 0.25) is 0 Å². The topological polar surface area (TPSA) is 44.1 Å².